The molecule has 1 aromatic carbocycles. The maximum Gasteiger partial charge on any atom is 0.259 e. The lowest BCUT2D eigenvalue weighted by Crippen LogP contribution is -2.54. The zero-order chi connectivity index (χ0) is 40.8. The molecule has 0 saturated heterocycles. The quantitative estimate of drug-likeness (QED) is 0.286. The summed E-state index contributed by atoms with van der Waals surface area (Å²) in [7, 11) is 1.39. The van der Waals surface area contributed by atoms with Gasteiger partial charge in [-0.15, -0.1) is 0 Å². The Morgan fingerprint density at radius 2 is 1.61 bits per heavy atom. The molecule has 3 aromatic rings. The molecule has 1 saturated carbocycles. The molecular formula is C40H52N10O7. The summed E-state index contributed by atoms with van der Waals surface area (Å²) in [5.74, 6) is -2.13. The Bertz CT molecular complexity index is 1990. The molecule has 3 atom stereocenters. The van der Waals surface area contributed by atoms with E-state index in [0.717, 1.165) is 31.2 Å². The Hall–Kier alpha value is -5.87. The molecular weight excluding hydrogens is 733 g/mol. The Kier molecular flexibility index (Phi) is 12.8. The maximum absolute atomic E-state index is 14.3. The molecule has 0 spiro atoms. The van der Waals surface area contributed by atoms with Gasteiger partial charge in [0.25, 0.3) is 11.8 Å². The Labute approximate surface area is 331 Å². The van der Waals surface area contributed by atoms with Crippen LogP contribution in [-0.4, -0.2) is 110 Å². The molecule has 304 valence electrons. The molecule has 2 aromatic heterocycles. The van der Waals surface area contributed by atoms with E-state index in [-0.39, 0.29) is 61.3 Å². The van der Waals surface area contributed by atoms with Crippen LogP contribution >= 0.6 is 0 Å². The Morgan fingerprint density at radius 1 is 0.877 bits per heavy atom. The smallest absolute Gasteiger partial charge is 0.259 e. The summed E-state index contributed by atoms with van der Waals surface area (Å²) in [6, 6.07) is 8.13. The Morgan fingerprint density at radius 3 is 2.32 bits per heavy atom. The molecule has 17 nitrogen and oxygen atoms in total. The summed E-state index contributed by atoms with van der Waals surface area (Å²) in [5, 5.41) is 15.8. The van der Waals surface area contributed by atoms with Gasteiger partial charge < -0.3 is 35.8 Å². The van der Waals surface area contributed by atoms with Gasteiger partial charge in [0.15, 0.2) is 5.82 Å². The van der Waals surface area contributed by atoms with E-state index in [1.807, 2.05) is 44.2 Å². The summed E-state index contributed by atoms with van der Waals surface area (Å²) >= 11 is 0. The highest BCUT2D eigenvalue weighted by atomic mass is 16.5. The van der Waals surface area contributed by atoms with Crippen molar-refractivity contribution < 1.29 is 33.5 Å². The van der Waals surface area contributed by atoms with Gasteiger partial charge in [-0.25, -0.2) is 14.6 Å². The van der Waals surface area contributed by atoms with E-state index in [9.17, 15) is 28.8 Å². The highest BCUT2D eigenvalue weighted by Crippen LogP contribution is 2.33. The van der Waals surface area contributed by atoms with E-state index >= 15 is 0 Å². The van der Waals surface area contributed by atoms with E-state index < -0.39 is 48.3 Å². The third-order valence-corrected chi connectivity index (χ3v) is 10.5. The SMILES string of the molecule is COc1nc2c(cc1C(=O)N1CCCNC(=O)Cn3nc(-c4ccccc4)nc3[C@H](C)NC(=O)[C@@H](CC(C)C)NC(=O)[C@@H](C)NC(=O)C1)C(=O)N(C1CCCC1)C2. The standard InChI is InChI=1S/C40H52N10O7/c1-23(2)18-30-37(54)43-24(3)35-46-34(26-12-7-6-8-13-26)47-50(35)22-32(51)41-16-11-17-48(21-33(52)42-25(4)36(53)44-30)39(55)29-19-28-31(45-38(29)57-5)20-49(40(28)56)27-14-9-10-15-27/h6-8,12-13,19,23-25,27,30H,9-11,14-18,20-22H2,1-5H3,(H,41,51)(H,42,52)(H,43,54)(H,44,53)/t24-,25+,30+/m0/s1. The monoisotopic (exact) mass is 784 g/mol. The summed E-state index contributed by atoms with van der Waals surface area (Å²) in [6.07, 6.45) is 4.48. The first kappa shape index (κ1) is 40.8. The third kappa shape index (κ3) is 9.57. The first-order valence-corrected chi connectivity index (χ1v) is 19.7. The number of amides is 6. The number of fused-ring (bicyclic) bond motifs is 2. The summed E-state index contributed by atoms with van der Waals surface area (Å²) in [6.45, 7) is 6.88. The summed E-state index contributed by atoms with van der Waals surface area (Å²) in [5.41, 5.74) is 1.59. The number of carbonyl (C=O) groups is 6. The molecule has 2 aliphatic heterocycles. The predicted octanol–water partition coefficient (Wildman–Crippen LogP) is 2.12. The van der Waals surface area contributed by atoms with Crippen molar-refractivity contribution in [1.82, 2.24) is 50.8 Å². The van der Waals surface area contributed by atoms with Crippen LogP contribution in [0.3, 0.4) is 0 Å². The van der Waals surface area contributed by atoms with Crippen LogP contribution in [0.25, 0.3) is 11.4 Å². The molecule has 6 amide bonds. The minimum absolute atomic E-state index is 0.0171. The first-order chi connectivity index (χ1) is 27.3. The van der Waals surface area contributed by atoms with Crippen LogP contribution in [0.1, 0.15) is 104 Å². The van der Waals surface area contributed by atoms with Crippen molar-refractivity contribution in [3.8, 4) is 17.3 Å². The minimum Gasteiger partial charge on any atom is -0.480 e. The predicted molar refractivity (Wildman–Crippen MR) is 207 cm³/mol. The molecule has 57 heavy (non-hydrogen) atoms. The van der Waals surface area contributed by atoms with E-state index in [1.54, 1.807) is 11.8 Å². The summed E-state index contributed by atoms with van der Waals surface area (Å²) in [4.78, 5) is 94.2. The van der Waals surface area contributed by atoms with Crippen molar-refractivity contribution in [1.29, 1.82) is 0 Å². The van der Waals surface area contributed by atoms with E-state index in [2.05, 4.69) is 31.3 Å². The molecule has 4 N–H and O–H groups in total. The molecule has 4 heterocycles. The number of methoxy groups -OCH3 is 1. The van der Waals surface area contributed by atoms with Gasteiger partial charge in [-0.1, -0.05) is 57.0 Å². The van der Waals surface area contributed by atoms with Gasteiger partial charge in [-0.2, -0.15) is 5.10 Å². The lowest BCUT2D eigenvalue weighted by Gasteiger charge is -2.25. The van der Waals surface area contributed by atoms with Crippen LogP contribution in [0.4, 0.5) is 0 Å². The molecule has 6 rings (SSSR count). The molecule has 17 heteroatoms. The van der Waals surface area contributed by atoms with Gasteiger partial charge in [-0.05, 0) is 51.5 Å². The molecule has 0 bridgehead atoms. The lowest BCUT2D eigenvalue weighted by molar-refractivity contribution is -0.132. The number of nitrogens with zero attached hydrogens (tertiary/aromatic N) is 6. The van der Waals surface area contributed by atoms with Crippen molar-refractivity contribution in [2.45, 2.75) is 103 Å². The van der Waals surface area contributed by atoms with Gasteiger partial charge in [0.1, 0.15) is 30.0 Å². The van der Waals surface area contributed by atoms with E-state index in [1.165, 1.54) is 29.7 Å². The zero-order valence-electron chi connectivity index (χ0n) is 33.2. The topological polar surface area (TPSA) is 210 Å². The van der Waals surface area contributed by atoms with Crippen molar-refractivity contribution in [3.63, 3.8) is 0 Å². The average molecular weight is 785 g/mol. The molecule has 0 radical (unpaired) electrons. The first-order valence-electron chi connectivity index (χ1n) is 19.7. The number of hydrogen-bond donors (Lipinski definition) is 4. The number of pyridine rings is 1. The highest BCUT2D eigenvalue weighted by Gasteiger charge is 2.37. The molecule has 1 aliphatic carbocycles. The third-order valence-electron chi connectivity index (χ3n) is 10.5. The van der Waals surface area contributed by atoms with Crippen LogP contribution in [0, 0.1) is 5.92 Å². The largest absolute Gasteiger partial charge is 0.480 e. The summed E-state index contributed by atoms with van der Waals surface area (Å²) < 4.78 is 6.98. The molecule has 0 unspecified atom stereocenters. The second-order valence-electron chi connectivity index (χ2n) is 15.4. The van der Waals surface area contributed by atoms with Crippen LogP contribution < -0.4 is 26.0 Å². The number of hydrogen-bond acceptors (Lipinski definition) is 10. The number of ether oxygens (including phenoxy) is 1. The Balaban J connectivity index is 1.27. The van der Waals surface area contributed by atoms with E-state index in [4.69, 9.17) is 9.72 Å². The van der Waals surface area contributed by atoms with Crippen LogP contribution in [0.5, 0.6) is 5.88 Å². The minimum atomic E-state index is -1.07. The fraction of sp³-hybridized carbons (Fsp3) is 0.525. The second kappa shape index (κ2) is 17.9. The highest BCUT2D eigenvalue weighted by molar-refractivity contribution is 6.04. The number of aromatic nitrogens is 4. The number of nitrogens with one attached hydrogen (secondary N) is 4. The maximum atomic E-state index is 14.3. The number of rotatable bonds is 6. The van der Waals surface area contributed by atoms with Gasteiger partial charge in [0.05, 0.1) is 37.5 Å². The van der Waals surface area contributed by atoms with Crippen molar-refractivity contribution in [2.75, 3.05) is 26.7 Å². The van der Waals surface area contributed by atoms with Gasteiger partial charge >= 0.3 is 0 Å². The normalized spacial score (nSPS) is 21.8. The van der Waals surface area contributed by atoms with Crippen molar-refractivity contribution in [3.05, 3.63) is 59.0 Å². The van der Waals surface area contributed by atoms with Crippen molar-refractivity contribution >= 4 is 35.4 Å². The van der Waals surface area contributed by atoms with Gasteiger partial charge in [0, 0.05) is 24.7 Å². The van der Waals surface area contributed by atoms with Gasteiger partial charge in [0.2, 0.25) is 29.5 Å². The fourth-order valence-corrected chi connectivity index (χ4v) is 7.56. The second-order valence-corrected chi connectivity index (χ2v) is 15.4. The number of benzene rings is 1. The van der Waals surface area contributed by atoms with Crippen molar-refractivity contribution in [2.24, 2.45) is 5.92 Å². The fourth-order valence-electron chi connectivity index (χ4n) is 7.56. The molecule has 1 fully saturated rings. The number of carbonyl (C=O) groups excluding carboxylic acids is 6. The van der Waals surface area contributed by atoms with Crippen LogP contribution in [0.2, 0.25) is 0 Å². The van der Waals surface area contributed by atoms with Gasteiger partial charge in [-0.3, -0.25) is 28.8 Å². The zero-order valence-corrected chi connectivity index (χ0v) is 33.2. The average Bonchev–Trinajstić information content (AvgIpc) is 3.94. The molecule has 3 aliphatic rings. The van der Waals surface area contributed by atoms with Crippen LogP contribution in [0.15, 0.2) is 36.4 Å². The van der Waals surface area contributed by atoms with Crippen LogP contribution in [-0.2, 0) is 32.3 Å². The van der Waals surface area contributed by atoms with E-state index in [0.29, 0.717) is 35.9 Å². The lowest BCUT2D eigenvalue weighted by atomic mass is 10.0.